The van der Waals surface area contributed by atoms with Gasteiger partial charge in [0.05, 0.1) is 0 Å². The molecule has 0 fully saturated rings. The fourth-order valence-electron chi connectivity index (χ4n) is 0.971. The van der Waals surface area contributed by atoms with Crippen LogP contribution in [0.3, 0.4) is 0 Å². The summed E-state index contributed by atoms with van der Waals surface area (Å²) in [4.78, 5) is 10.3. The van der Waals surface area contributed by atoms with Gasteiger partial charge < -0.3 is 15.6 Å². The minimum atomic E-state index is -1.40. The number of carbonyl (C=O) groups excluding carboxylic acids is 1. The van der Waals surface area contributed by atoms with E-state index in [1.54, 1.807) is 0 Å². The van der Waals surface area contributed by atoms with Crippen molar-refractivity contribution in [2.45, 2.75) is 45.3 Å². The molecule has 0 saturated heterocycles. The number of primary amides is 1. The lowest BCUT2D eigenvalue weighted by Crippen LogP contribution is -2.33. The van der Waals surface area contributed by atoms with Crippen molar-refractivity contribution in [3.8, 4) is 0 Å². The van der Waals surface area contributed by atoms with Crippen LogP contribution >= 0.6 is 0 Å². The number of hydrogen-bond donors (Lipinski definition) is 2. The third-order valence-corrected chi connectivity index (χ3v) is 1.56. The molecule has 1 unspecified atom stereocenters. The maximum absolute atomic E-state index is 10.3. The largest absolute Gasteiger partial charge is 0.418 e. The Balaban J connectivity index is 3.63. The quantitative estimate of drug-likeness (QED) is 0.489. The van der Waals surface area contributed by atoms with Gasteiger partial charge in [-0.2, -0.15) is 0 Å². The smallest absolute Gasteiger partial charge is 0.406 e. The Labute approximate surface area is 72.7 Å². The first-order valence-electron chi connectivity index (χ1n) is 4.19. The van der Waals surface area contributed by atoms with Crippen molar-refractivity contribution in [3.05, 3.63) is 0 Å². The van der Waals surface area contributed by atoms with Crippen LogP contribution in [0.4, 0.5) is 4.79 Å². The van der Waals surface area contributed by atoms with Crippen LogP contribution in [0.5, 0.6) is 0 Å². The third-order valence-electron chi connectivity index (χ3n) is 1.56. The second-order valence-electron chi connectivity index (χ2n) is 3.05. The summed E-state index contributed by atoms with van der Waals surface area (Å²) in [6.07, 6.45) is 2.40. The van der Waals surface area contributed by atoms with E-state index < -0.39 is 11.9 Å². The van der Waals surface area contributed by atoms with Crippen molar-refractivity contribution in [2.75, 3.05) is 0 Å². The van der Waals surface area contributed by atoms with Crippen molar-refractivity contribution < 1.29 is 14.6 Å². The van der Waals surface area contributed by atoms with Crippen molar-refractivity contribution in [1.29, 1.82) is 0 Å². The van der Waals surface area contributed by atoms with Crippen LogP contribution in [0.25, 0.3) is 0 Å². The van der Waals surface area contributed by atoms with Gasteiger partial charge in [0.2, 0.25) is 5.79 Å². The van der Waals surface area contributed by atoms with Gasteiger partial charge in [0, 0.05) is 13.3 Å². The summed E-state index contributed by atoms with van der Waals surface area (Å²) < 4.78 is 4.48. The number of unbranched alkanes of at least 4 members (excludes halogenated alkanes) is 2. The lowest BCUT2D eigenvalue weighted by molar-refractivity contribution is -0.150. The van der Waals surface area contributed by atoms with Gasteiger partial charge in [0.25, 0.3) is 0 Å². The standard InChI is InChI=1S/C8H17NO3/c1-3-4-5-6-8(2,11)12-7(9)10/h11H,3-6H2,1-2H3,(H2,9,10). The van der Waals surface area contributed by atoms with E-state index in [9.17, 15) is 9.90 Å². The van der Waals surface area contributed by atoms with Gasteiger partial charge in [-0.3, -0.25) is 0 Å². The Bertz CT molecular complexity index is 145. The SMILES string of the molecule is CCCCCC(C)(O)OC(N)=O. The fraction of sp³-hybridized carbons (Fsp3) is 0.875. The van der Waals surface area contributed by atoms with Crippen LogP contribution in [0.15, 0.2) is 0 Å². The molecule has 0 bridgehead atoms. The molecule has 0 aliphatic carbocycles. The Morgan fingerprint density at radius 2 is 2.17 bits per heavy atom. The van der Waals surface area contributed by atoms with Gasteiger partial charge >= 0.3 is 6.09 Å². The molecule has 0 heterocycles. The molecule has 1 atom stereocenters. The second kappa shape index (κ2) is 4.98. The molecule has 0 aromatic heterocycles. The minimum absolute atomic E-state index is 0.434. The molecule has 0 aromatic carbocycles. The first-order valence-corrected chi connectivity index (χ1v) is 4.19. The number of ether oxygens (including phenoxy) is 1. The summed E-state index contributed by atoms with van der Waals surface area (Å²) >= 11 is 0. The molecule has 0 aromatic rings. The Kier molecular flexibility index (Phi) is 4.66. The average Bonchev–Trinajstić information content (AvgIpc) is 1.84. The van der Waals surface area contributed by atoms with Crippen LogP contribution in [0.2, 0.25) is 0 Å². The van der Waals surface area contributed by atoms with E-state index in [1.165, 1.54) is 6.92 Å². The van der Waals surface area contributed by atoms with E-state index in [1.807, 2.05) is 0 Å². The number of amides is 1. The van der Waals surface area contributed by atoms with E-state index in [0.717, 1.165) is 19.3 Å². The predicted octanol–water partition coefficient (Wildman–Crippen LogP) is 1.37. The zero-order valence-electron chi connectivity index (χ0n) is 7.67. The number of rotatable bonds is 5. The van der Waals surface area contributed by atoms with Crippen molar-refractivity contribution in [1.82, 2.24) is 0 Å². The lowest BCUT2D eigenvalue weighted by Gasteiger charge is -2.21. The van der Waals surface area contributed by atoms with Gasteiger partial charge in [-0.25, -0.2) is 4.79 Å². The average molecular weight is 175 g/mol. The maximum atomic E-state index is 10.3. The Hall–Kier alpha value is -0.770. The van der Waals surface area contributed by atoms with E-state index in [2.05, 4.69) is 11.7 Å². The first-order chi connectivity index (χ1) is 5.48. The normalized spacial score (nSPS) is 15.2. The highest BCUT2D eigenvalue weighted by Crippen LogP contribution is 2.15. The van der Waals surface area contributed by atoms with Crippen LogP contribution in [0, 0.1) is 0 Å². The fourth-order valence-corrected chi connectivity index (χ4v) is 0.971. The van der Waals surface area contributed by atoms with Crippen LogP contribution in [-0.4, -0.2) is 17.0 Å². The molecule has 0 saturated carbocycles. The Morgan fingerprint density at radius 1 is 1.58 bits per heavy atom. The van der Waals surface area contributed by atoms with E-state index in [4.69, 9.17) is 5.73 Å². The zero-order valence-corrected chi connectivity index (χ0v) is 7.67. The number of hydrogen-bond acceptors (Lipinski definition) is 3. The first kappa shape index (κ1) is 11.2. The molecule has 1 amide bonds. The van der Waals surface area contributed by atoms with Gasteiger partial charge in [-0.1, -0.05) is 19.8 Å². The predicted molar refractivity (Wildman–Crippen MR) is 45.4 cm³/mol. The van der Waals surface area contributed by atoms with Crippen molar-refractivity contribution in [2.24, 2.45) is 5.73 Å². The number of nitrogens with two attached hydrogens (primary N) is 1. The number of aliphatic hydroxyl groups is 1. The summed E-state index contributed by atoms with van der Waals surface area (Å²) in [6.45, 7) is 3.50. The summed E-state index contributed by atoms with van der Waals surface area (Å²) in [7, 11) is 0. The lowest BCUT2D eigenvalue weighted by atomic mass is 10.1. The molecular weight excluding hydrogens is 158 g/mol. The molecule has 12 heavy (non-hydrogen) atoms. The Morgan fingerprint density at radius 3 is 2.58 bits per heavy atom. The molecule has 72 valence electrons. The van der Waals surface area contributed by atoms with Gasteiger partial charge in [-0.05, 0) is 6.42 Å². The molecular formula is C8H17NO3. The van der Waals surface area contributed by atoms with E-state index in [0.29, 0.717) is 6.42 Å². The van der Waals surface area contributed by atoms with Crippen LogP contribution in [-0.2, 0) is 4.74 Å². The van der Waals surface area contributed by atoms with Gasteiger partial charge in [0.15, 0.2) is 0 Å². The molecule has 4 nitrogen and oxygen atoms in total. The highest BCUT2D eigenvalue weighted by Gasteiger charge is 2.22. The monoisotopic (exact) mass is 175 g/mol. The second-order valence-corrected chi connectivity index (χ2v) is 3.05. The highest BCUT2D eigenvalue weighted by atomic mass is 16.7. The number of carbonyl (C=O) groups is 1. The zero-order chi connectivity index (χ0) is 9.61. The summed E-state index contributed by atoms with van der Waals surface area (Å²) in [5, 5.41) is 9.39. The van der Waals surface area contributed by atoms with Crippen molar-refractivity contribution in [3.63, 3.8) is 0 Å². The third kappa shape index (κ3) is 5.97. The molecule has 0 aliphatic heterocycles. The minimum Gasteiger partial charge on any atom is -0.418 e. The van der Waals surface area contributed by atoms with Crippen molar-refractivity contribution >= 4 is 6.09 Å². The molecule has 0 spiro atoms. The van der Waals surface area contributed by atoms with E-state index >= 15 is 0 Å². The van der Waals surface area contributed by atoms with Gasteiger partial charge in [-0.15, -0.1) is 0 Å². The highest BCUT2D eigenvalue weighted by molar-refractivity contribution is 5.64. The topological polar surface area (TPSA) is 72.6 Å². The van der Waals surface area contributed by atoms with Crippen LogP contribution in [0.1, 0.15) is 39.5 Å². The van der Waals surface area contributed by atoms with Gasteiger partial charge in [0.1, 0.15) is 0 Å². The summed E-state index contributed by atoms with van der Waals surface area (Å²) in [5.74, 6) is -1.40. The molecule has 0 radical (unpaired) electrons. The molecule has 0 rings (SSSR count). The van der Waals surface area contributed by atoms with E-state index in [-0.39, 0.29) is 0 Å². The molecule has 3 N–H and O–H groups in total. The summed E-state index contributed by atoms with van der Waals surface area (Å²) in [6, 6.07) is 0. The molecule has 0 aliphatic rings. The maximum Gasteiger partial charge on any atom is 0.406 e. The van der Waals surface area contributed by atoms with Crippen LogP contribution < -0.4 is 5.73 Å². The summed E-state index contributed by atoms with van der Waals surface area (Å²) in [5.41, 5.74) is 4.76. The molecule has 4 heteroatoms.